The minimum atomic E-state index is -2.41. The fraction of sp³-hybridized carbons (Fsp3) is 0.727. The smallest absolute Gasteiger partial charge is 0.261 e. The fourth-order valence-corrected chi connectivity index (χ4v) is 2.67. The van der Waals surface area contributed by atoms with Crippen molar-refractivity contribution in [2.75, 3.05) is 25.2 Å². The van der Waals surface area contributed by atoms with Crippen LogP contribution in [0.4, 0.5) is 8.78 Å². The molecule has 1 atom stereocenters. The number of nitrogens with zero attached hydrogens (tertiary/aromatic N) is 1. The number of nitrogens with two attached hydrogens (primary N) is 1. The Hall–Kier alpha value is -0.240. The van der Waals surface area contributed by atoms with E-state index in [9.17, 15) is 8.78 Å². The number of thioether (sulfide) groups is 1. The average Bonchev–Trinajstić information content (AvgIpc) is 2.80. The summed E-state index contributed by atoms with van der Waals surface area (Å²) < 4.78 is 28.5. The van der Waals surface area contributed by atoms with Crippen molar-refractivity contribution >= 4 is 23.1 Å². The number of rotatable bonds is 9. The Morgan fingerprint density at radius 3 is 3.00 bits per heavy atom. The summed E-state index contributed by atoms with van der Waals surface area (Å²) in [4.78, 5) is 4.40. The summed E-state index contributed by atoms with van der Waals surface area (Å²) in [5.41, 5.74) is 6.88. The van der Waals surface area contributed by atoms with E-state index in [1.165, 1.54) is 11.3 Å². The molecule has 1 heterocycles. The molecule has 0 fully saturated rings. The Bertz CT molecular complexity index is 337. The molecule has 1 rings (SSSR count). The lowest BCUT2D eigenvalue weighted by molar-refractivity contribution is 0.0187. The second-order valence-electron chi connectivity index (χ2n) is 3.77. The van der Waals surface area contributed by atoms with Gasteiger partial charge in [0, 0.05) is 17.8 Å². The van der Waals surface area contributed by atoms with Gasteiger partial charge in [0.1, 0.15) is 6.61 Å². The SMILES string of the molecule is CSCCC(N)c1csc(CCOCC(F)F)n1. The van der Waals surface area contributed by atoms with Gasteiger partial charge >= 0.3 is 0 Å². The molecule has 3 nitrogen and oxygen atoms in total. The summed E-state index contributed by atoms with van der Waals surface area (Å²) >= 11 is 3.26. The fourth-order valence-electron chi connectivity index (χ4n) is 1.33. The van der Waals surface area contributed by atoms with E-state index in [1.807, 2.05) is 11.6 Å². The van der Waals surface area contributed by atoms with Crippen molar-refractivity contribution in [1.82, 2.24) is 4.98 Å². The lowest BCUT2D eigenvalue weighted by Crippen LogP contribution is -2.12. The number of halogens is 2. The summed E-state index contributed by atoms with van der Waals surface area (Å²) in [5, 5.41) is 2.83. The maximum absolute atomic E-state index is 11.8. The average molecular weight is 296 g/mol. The molecule has 0 aliphatic rings. The normalized spacial score (nSPS) is 13.2. The third-order valence-electron chi connectivity index (χ3n) is 2.29. The molecule has 0 radical (unpaired) electrons. The molecular weight excluding hydrogens is 278 g/mol. The summed E-state index contributed by atoms with van der Waals surface area (Å²) in [6.07, 6.45) is 1.09. The Morgan fingerprint density at radius 2 is 2.33 bits per heavy atom. The predicted molar refractivity (Wildman–Crippen MR) is 72.6 cm³/mol. The van der Waals surface area contributed by atoms with Crippen LogP contribution in [-0.4, -0.2) is 36.6 Å². The molecule has 0 aromatic carbocycles. The van der Waals surface area contributed by atoms with E-state index >= 15 is 0 Å². The maximum Gasteiger partial charge on any atom is 0.261 e. The van der Waals surface area contributed by atoms with E-state index in [1.54, 1.807) is 11.8 Å². The van der Waals surface area contributed by atoms with Gasteiger partial charge in [0.25, 0.3) is 6.43 Å². The van der Waals surface area contributed by atoms with Gasteiger partial charge in [-0.25, -0.2) is 13.8 Å². The summed E-state index contributed by atoms with van der Waals surface area (Å²) in [6, 6.07) is -0.0376. The zero-order valence-electron chi connectivity index (χ0n) is 10.3. The van der Waals surface area contributed by atoms with Crippen molar-refractivity contribution in [3.05, 3.63) is 16.1 Å². The Labute approximate surface area is 114 Å². The van der Waals surface area contributed by atoms with Crippen LogP contribution >= 0.6 is 23.1 Å². The van der Waals surface area contributed by atoms with Crippen molar-refractivity contribution in [3.63, 3.8) is 0 Å². The first-order valence-corrected chi connectivity index (χ1v) is 7.95. The number of thiazole rings is 1. The highest BCUT2D eigenvalue weighted by Crippen LogP contribution is 2.19. The van der Waals surface area contributed by atoms with E-state index in [2.05, 4.69) is 4.98 Å². The summed E-state index contributed by atoms with van der Waals surface area (Å²) in [7, 11) is 0. The Kier molecular flexibility index (Phi) is 7.73. The molecule has 0 spiro atoms. The minimum absolute atomic E-state index is 0.0376. The second kappa shape index (κ2) is 8.79. The number of ether oxygens (including phenoxy) is 1. The van der Waals surface area contributed by atoms with Gasteiger partial charge in [0.05, 0.1) is 17.3 Å². The van der Waals surface area contributed by atoms with Crippen molar-refractivity contribution in [2.24, 2.45) is 5.73 Å². The first-order valence-electron chi connectivity index (χ1n) is 5.68. The van der Waals surface area contributed by atoms with Gasteiger partial charge in [0.2, 0.25) is 0 Å². The van der Waals surface area contributed by atoms with E-state index in [4.69, 9.17) is 10.5 Å². The second-order valence-corrected chi connectivity index (χ2v) is 5.70. The van der Waals surface area contributed by atoms with Crippen LogP contribution in [0.1, 0.15) is 23.2 Å². The number of aromatic nitrogens is 1. The van der Waals surface area contributed by atoms with Crippen molar-refractivity contribution < 1.29 is 13.5 Å². The van der Waals surface area contributed by atoms with Crippen LogP contribution in [0, 0.1) is 0 Å². The molecule has 1 aromatic heterocycles. The molecule has 0 bridgehead atoms. The van der Waals surface area contributed by atoms with E-state index in [0.29, 0.717) is 6.42 Å². The molecule has 0 saturated heterocycles. The standard InChI is InChI=1S/C11H18F2N2OS2/c1-17-5-3-8(14)9-7-18-11(15-9)2-4-16-6-10(12)13/h7-8,10H,2-6,14H2,1H3. The molecular formula is C11H18F2N2OS2. The van der Waals surface area contributed by atoms with Crippen molar-refractivity contribution in [1.29, 1.82) is 0 Å². The van der Waals surface area contributed by atoms with Gasteiger partial charge in [-0.1, -0.05) is 0 Å². The summed E-state index contributed by atoms with van der Waals surface area (Å²) in [5.74, 6) is 1.01. The monoisotopic (exact) mass is 296 g/mol. The van der Waals surface area contributed by atoms with Crippen LogP contribution in [0.25, 0.3) is 0 Å². The molecule has 0 aliphatic carbocycles. The maximum atomic E-state index is 11.8. The Morgan fingerprint density at radius 1 is 1.56 bits per heavy atom. The van der Waals surface area contributed by atoms with Gasteiger partial charge in [-0.3, -0.25) is 0 Å². The molecule has 104 valence electrons. The third-order valence-corrected chi connectivity index (χ3v) is 3.86. The quantitative estimate of drug-likeness (QED) is 0.712. The van der Waals surface area contributed by atoms with E-state index < -0.39 is 13.0 Å². The number of hydrogen-bond donors (Lipinski definition) is 1. The summed E-state index contributed by atoms with van der Waals surface area (Å²) in [6.45, 7) is -0.233. The molecule has 7 heteroatoms. The highest BCUT2D eigenvalue weighted by atomic mass is 32.2. The molecule has 1 unspecified atom stereocenters. The highest BCUT2D eigenvalue weighted by molar-refractivity contribution is 7.98. The van der Waals surface area contributed by atoms with Crippen LogP contribution in [0.3, 0.4) is 0 Å². The number of hydrogen-bond acceptors (Lipinski definition) is 5. The Balaban J connectivity index is 2.29. The third kappa shape index (κ3) is 6.08. The molecule has 18 heavy (non-hydrogen) atoms. The van der Waals surface area contributed by atoms with Crippen LogP contribution in [0.15, 0.2) is 5.38 Å². The van der Waals surface area contributed by atoms with Gasteiger partial charge in [0.15, 0.2) is 0 Å². The molecule has 0 amide bonds. The number of alkyl halides is 2. The zero-order chi connectivity index (χ0) is 13.4. The molecule has 0 aliphatic heterocycles. The zero-order valence-corrected chi connectivity index (χ0v) is 11.9. The largest absolute Gasteiger partial charge is 0.375 e. The van der Waals surface area contributed by atoms with Crippen LogP contribution in [0.5, 0.6) is 0 Å². The highest BCUT2D eigenvalue weighted by Gasteiger charge is 2.10. The predicted octanol–water partition coefficient (Wildman–Crippen LogP) is 2.72. The lowest BCUT2D eigenvalue weighted by Gasteiger charge is -2.06. The molecule has 1 aromatic rings. The van der Waals surface area contributed by atoms with Gasteiger partial charge in [-0.15, -0.1) is 11.3 Å². The van der Waals surface area contributed by atoms with Crippen molar-refractivity contribution in [2.45, 2.75) is 25.3 Å². The topological polar surface area (TPSA) is 48.1 Å². The first-order chi connectivity index (χ1) is 8.63. The van der Waals surface area contributed by atoms with Gasteiger partial charge in [-0.2, -0.15) is 11.8 Å². The van der Waals surface area contributed by atoms with Gasteiger partial charge < -0.3 is 10.5 Å². The van der Waals surface area contributed by atoms with Crippen molar-refractivity contribution in [3.8, 4) is 0 Å². The first kappa shape index (κ1) is 15.8. The van der Waals surface area contributed by atoms with E-state index in [-0.39, 0.29) is 12.6 Å². The minimum Gasteiger partial charge on any atom is -0.375 e. The molecule has 2 N–H and O–H groups in total. The van der Waals surface area contributed by atoms with Crippen LogP contribution in [-0.2, 0) is 11.2 Å². The molecule has 0 saturated carbocycles. The van der Waals surface area contributed by atoms with Crippen LogP contribution in [0.2, 0.25) is 0 Å². The van der Waals surface area contributed by atoms with Crippen LogP contribution < -0.4 is 5.73 Å². The van der Waals surface area contributed by atoms with Gasteiger partial charge in [-0.05, 0) is 18.4 Å². The lowest BCUT2D eigenvalue weighted by atomic mass is 10.2. The van der Waals surface area contributed by atoms with E-state index in [0.717, 1.165) is 22.9 Å².